The quantitative estimate of drug-likeness (QED) is 0.684. The molecule has 3 nitrogen and oxygen atoms in total. The first-order chi connectivity index (χ1) is 9.51. The van der Waals surface area contributed by atoms with E-state index in [4.69, 9.17) is 10.5 Å². The zero-order valence-electron chi connectivity index (χ0n) is 11.4. The van der Waals surface area contributed by atoms with Gasteiger partial charge in [-0.3, -0.25) is 4.79 Å². The number of methoxy groups -OCH3 is 1. The molecule has 0 spiro atoms. The number of nitrogens with two attached hydrogens (primary N) is 1. The third-order valence-corrected chi connectivity index (χ3v) is 3.71. The van der Waals surface area contributed by atoms with Gasteiger partial charge in [0.2, 0.25) is 0 Å². The molecule has 0 aliphatic carbocycles. The summed E-state index contributed by atoms with van der Waals surface area (Å²) in [6.07, 6.45) is 0.316. The average molecular weight is 334 g/mol. The van der Waals surface area contributed by atoms with E-state index in [1.165, 1.54) is 0 Å². The van der Waals surface area contributed by atoms with Crippen LogP contribution in [-0.2, 0) is 6.42 Å². The third-order valence-electron chi connectivity index (χ3n) is 3.09. The molecule has 2 rings (SSSR count). The van der Waals surface area contributed by atoms with Crippen LogP contribution < -0.4 is 10.5 Å². The van der Waals surface area contributed by atoms with Crippen molar-refractivity contribution in [2.24, 2.45) is 0 Å². The second-order valence-electron chi connectivity index (χ2n) is 4.66. The molecule has 0 fully saturated rings. The first kappa shape index (κ1) is 14.6. The number of carbonyl (C=O) groups is 1. The summed E-state index contributed by atoms with van der Waals surface area (Å²) in [5, 5.41) is 0. The van der Waals surface area contributed by atoms with Gasteiger partial charge in [0.25, 0.3) is 0 Å². The molecule has 0 saturated heterocycles. The normalized spacial score (nSPS) is 10.3. The molecule has 2 aromatic rings. The number of Topliss-reactive ketones (excluding diaryl/α,β-unsaturated/α-hetero) is 1. The largest absolute Gasteiger partial charge is 0.496 e. The number of anilines is 1. The van der Waals surface area contributed by atoms with Gasteiger partial charge in [0.05, 0.1) is 11.6 Å². The van der Waals surface area contributed by atoms with Crippen LogP contribution in [0.2, 0.25) is 0 Å². The Balaban J connectivity index is 2.23. The molecular formula is C16H16BrNO2. The maximum atomic E-state index is 12.3. The Kier molecular flexibility index (Phi) is 4.45. The number of nitrogen functional groups attached to an aromatic ring is 1. The minimum absolute atomic E-state index is 0.0169. The number of hydrogen-bond donors (Lipinski definition) is 1. The van der Waals surface area contributed by atoms with Crippen LogP contribution in [0.5, 0.6) is 5.75 Å². The fourth-order valence-electron chi connectivity index (χ4n) is 2.01. The molecule has 0 unspecified atom stereocenters. The molecule has 104 valence electrons. The summed E-state index contributed by atoms with van der Waals surface area (Å²) >= 11 is 3.42. The zero-order valence-corrected chi connectivity index (χ0v) is 13.0. The second-order valence-corrected chi connectivity index (χ2v) is 5.51. The molecule has 0 atom stereocenters. The highest BCUT2D eigenvalue weighted by molar-refractivity contribution is 9.10. The van der Waals surface area contributed by atoms with E-state index in [9.17, 15) is 4.79 Å². The van der Waals surface area contributed by atoms with E-state index in [0.717, 1.165) is 21.3 Å². The van der Waals surface area contributed by atoms with Crippen LogP contribution >= 0.6 is 15.9 Å². The lowest BCUT2D eigenvalue weighted by atomic mass is 10.00. The molecule has 4 heteroatoms. The lowest BCUT2D eigenvalue weighted by molar-refractivity contribution is 0.0993. The number of carbonyl (C=O) groups excluding carboxylic acids is 1. The topological polar surface area (TPSA) is 52.3 Å². The fraction of sp³-hybridized carbons (Fsp3) is 0.188. The summed E-state index contributed by atoms with van der Waals surface area (Å²) in [6, 6.07) is 11.1. The number of hydrogen-bond acceptors (Lipinski definition) is 3. The van der Waals surface area contributed by atoms with E-state index < -0.39 is 0 Å². The van der Waals surface area contributed by atoms with Gasteiger partial charge in [-0.25, -0.2) is 0 Å². The highest BCUT2D eigenvalue weighted by Crippen LogP contribution is 2.26. The van der Waals surface area contributed by atoms with Crippen LogP contribution in [0.25, 0.3) is 0 Å². The predicted octanol–water partition coefficient (Wildman–Crippen LogP) is 3.77. The van der Waals surface area contributed by atoms with Crippen molar-refractivity contribution in [1.29, 1.82) is 0 Å². The van der Waals surface area contributed by atoms with E-state index in [0.29, 0.717) is 17.7 Å². The first-order valence-electron chi connectivity index (χ1n) is 6.23. The van der Waals surface area contributed by atoms with Gasteiger partial charge < -0.3 is 10.5 Å². The molecule has 20 heavy (non-hydrogen) atoms. The molecule has 0 amide bonds. The van der Waals surface area contributed by atoms with Gasteiger partial charge in [0, 0.05) is 17.7 Å². The van der Waals surface area contributed by atoms with Crippen LogP contribution in [0.15, 0.2) is 40.9 Å². The van der Waals surface area contributed by atoms with Crippen molar-refractivity contribution in [3.8, 4) is 5.75 Å². The van der Waals surface area contributed by atoms with E-state index in [2.05, 4.69) is 15.9 Å². The van der Waals surface area contributed by atoms with E-state index in [1.807, 2.05) is 37.3 Å². The summed E-state index contributed by atoms with van der Waals surface area (Å²) in [7, 11) is 1.61. The van der Waals surface area contributed by atoms with Crippen LogP contribution in [0, 0.1) is 6.92 Å². The monoisotopic (exact) mass is 333 g/mol. The van der Waals surface area contributed by atoms with Crippen LogP contribution in [0.1, 0.15) is 21.5 Å². The standard InChI is InChI=1S/C16H16BrNO2/c1-10-3-5-14(18)12(7-10)15(19)9-11-4-6-16(20-2)13(17)8-11/h3-8H,9,18H2,1-2H3. The van der Waals surface area contributed by atoms with E-state index in [-0.39, 0.29) is 5.78 Å². The summed E-state index contributed by atoms with van der Waals surface area (Å²) < 4.78 is 6.01. The molecule has 0 aliphatic heterocycles. The van der Waals surface area contributed by atoms with Crippen molar-refractivity contribution in [2.75, 3.05) is 12.8 Å². The van der Waals surface area contributed by atoms with Gasteiger partial charge >= 0.3 is 0 Å². The Labute approximate surface area is 126 Å². The van der Waals surface area contributed by atoms with E-state index in [1.54, 1.807) is 13.2 Å². The van der Waals surface area contributed by atoms with Gasteiger partial charge in [-0.05, 0) is 52.7 Å². The lowest BCUT2D eigenvalue weighted by Gasteiger charge is -2.08. The minimum atomic E-state index is 0.0169. The van der Waals surface area contributed by atoms with Gasteiger partial charge in [-0.1, -0.05) is 17.7 Å². The van der Waals surface area contributed by atoms with Gasteiger partial charge in [0.1, 0.15) is 5.75 Å². The van der Waals surface area contributed by atoms with Gasteiger partial charge in [0.15, 0.2) is 5.78 Å². The highest BCUT2D eigenvalue weighted by atomic mass is 79.9. The maximum Gasteiger partial charge on any atom is 0.169 e. The summed E-state index contributed by atoms with van der Waals surface area (Å²) in [5.41, 5.74) is 8.92. The van der Waals surface area contributed by atoms with Crippen molar-refractivity contribution in [2.45, 2.75) is 13.3 Å². The second kappa shape index (κ2) is 6.09. The van der Waals surface area contributed by atoms with Crippen molar-refractivity contribution < 1.29 is 9.53 Å². The molecule has 2 aromatic carbocycles. The minimum Gasteiger partial charge on any atom is -0.496 e. The van der Waals surface area contributed by atoms with Crippen molar-refractivity contribution in [1.82, 2.24) is 0 Å². The van der Waals surface area contributed by atoms with Gasteiger partial charge in [-0.15, -0.1) is 0 Å². The molecule has 0 heterocycles. The smallest absolute Gasteiger partial charge is 0.169 e. The number of ether oxygens (including phenoxy) is 1. The average Bonchev–Trinajstić information content (AvgIpc) is 2.41. The summed E-state index contributed by atoms with van der Waals surface area (Å²) in [4.78, 5) is 12.3. The zero-order chi connectivity index (χ0) is 14.7. The highest BCUT2D eigenvalue weighted by Gasteiger charge is 2.12. The lowest BCUT2D eigenvalue weighted by Crippen LogP contribution is -2.07. The van der Waals surface area contributed by atoms with Crippen LogP contribution in [0.3, 0.4) is 0 Å². The Hall–Kier alpha value is -1.81. The summed E-state index contributed by atoms with van der Waals surface area (Å²) in [6.45, 7) is 1.94. The van der Waals surface area contributed by atoms with Gasteiger partial charge in [-0.2, -0.15) is 0 Å². The Bertz CT molecular complexity index is 653. The third kappa shape index (κ3) is 3.20. The summed E-state index contributed by atoms with van der Waals surface area (Å²) in [5.74, 6) is 0.763. The number of aryl methyl sites for hydroxylation is 1. The Morgan fingerprint density at radius 2 is 2.00 bits per heavy atom. The number of halogens is 1. The predicted molar refractivity (Wildman–Crippen MR) is 84.3 cm³/mol. The van der Waals surface area contributed by atoms with Crippen molar-refractivity contribution in [3.63, 3.8) is 0 Å². The van der Waals surface area contributed by atoms with Crippen LogP contribution in [-0.4, -0.2) is 12.9 Å². The SMILES string of the molecule is COc1ccc(CC(=O)c2cc(C)ccc2N)cc1Br. The molecular weight excluding hydrogens is 318 g/mol. The van der Waals surface area contributed by atoms with Crippen molar-refractivity contribution in [3.05, 3.63) is 57.6 Å². The maximum absolute atomic E-state index is 12.3. The van der Waals surface area contributed by atoms with Crippen LogP contribution in [0.4, 0.5) is 5.69 Å². The molecule has 0 aliphatic rings. The Morgan fingerprint density at radius 3 is 2.65 bits per heavy atom. The molecule has 0 aromatic heterocycles. The van der Waals surface area contributed by atoms with Crippen molar-refractivity contribution >= 4 is 27.4 Å². The molecule has 0 bridgehead atoms. The fourth-order valence-corrected chi connectivity index (χ4v) is 2.60. The first-order valence-corrected chi connectivity index (χ1v) is 7.02. The molecule has 0 saturated carbocycles. The number of ketones is 1. The number of rotatable bonds is 4. The number of benzene rings is 2. The molecule has 0 radical (unpaired) electrons. The molecule has 2 N–H and O–H groups in total. The Morgan fingerprint density at radius 1 is 1.25 bits per heavy atom. The van der Waals surface area contributed by atoms with E-state index >= 15 is 0 Å².